The molecule has 5 nitrogen and oxygen atoms in total. The summed E-state index contributed by atoms with van der Waals surface area (Å²) in [7, 11) is 0. The van der Waals surface area contributed by atoms with Crippen LogP contribution in [0.2, 0.25) is 0 Å². The Kier molecular flexibility index (Phi) is 3.46. The molecule has 4 rings (SSSR count). The van der Waals surface area contributed by atoms with Crippen molar-refractivity contribution in [3.05, 3.63) is 82.4 Å². The SMILES string of the molecule is Cc1cccc(-c2nc3ncn(Cc4ccccc4)c3c(=O)[nH]2)c1. The van der Waals surface area contributed by atoms with Gasteiger partial charge in [0.15, 0.2) is 11.2 Å². The lowest BCUT2D eigenvalue weighted by atomic mass is 10.1. The van der Waals surface area contributed by atoms with E-state index in [1.807, 2.05) is 66.1 Å². The normalized spacial score (nSPS) is 11.0. The number of rotatable bonds is 3. The smallest absolute Gasteiger partial charge is 0.277 e. The average molecular weight is 316 g/mol. The molecule has 118 valence electrons. The molecular formula is C19H16N4O. The number of H-pyrrole nitrogens is 1. The number of benzene rings is 2. The molecule has 0 amide bonds. The highest BCUT2D eigenvalue weighted by molar-refractivity contribution is 5.72. The number of aryl methyl sites for hydroxylation is 1. The van der Waals surface area contributed by atoms with Gasteiger partial charge in [-0.2, -0.15) is 0 Å². The van der Waals surface area contributed by atoms with Gasteiger partial charge in [-0.05, 0) is 18.6 Å². The van der Waals surface area contributed by atoms with E-state index >= 15 is 0 Å². The van der Waals surface area contributed by atoms with Crippen LogP contribution in [0.3, 0.4) is 0 Å². The van der Waals surface area contributed by atoms with Gasteiger partial charge in [0.2, 0.25) is 0 Å². The van der Waals surface area contributed by atoms with E-state index in [-0.39, 0.29) is 5.56 Å². The lowest BCUT2D eigenvalue weighted by molar-refractivity contribution is 0.819. The summed E-state index contributed by atoms with van der Waals surface area (Å²) >= 11 is 0. The first-order valence-electron chi connectivity index (χ1n) is 7.77. The van der Waals surface area contributed by atoms with Crippen molar-refractivity contribution in [3.8, 4) is 11.4 Å². The molecule has 4 aromatic rings. The molecule has 1 N–H and O–H groups in total. The molecule has 0 aliphatic rings. The van der Waals surface area contributed by atoms with E-state index in [0.29, 0.717) is 23.5 Å². The molecule has 0 bridgehead atoms. The van der Waals surface area contributed by atoms with Gasteiger partial charge in [0.1, 0.15) is 5.82 Å². The maximum absolute atomic E-state index is 12.6. The van der Waals surface area contributed by atoms with Crippen molar-refractivity contribution >= 4 is 11.2 Å². The minimum atomic E-state index is -0.176. The number of imidazole rings is 1. The van der Waals surface area contributed by atoms with E-state index in [0.717, 1.165) is 16.7 Å². The van der Waals surface area contributed by atoms with Gasteiger partial charge in [0.25, 0.3) is 5.56 Å². The number of hydrogen-bond acceptors (Lipinski definition) is 3. The Hall–Kier alpha value is -3.21. The second-order valence-corrected chi connectivity index (χ2v) is 5.81. The zero-order valence-electron chi connectivity index (χ0n) is 13.2. The Bertz CT molecular complexity index is 1060. The van der Waals surface area contributed by atoms with E-state index in [2.05, 4.69) is 15.0 Å². The zero-order chi connectivity index (χ0) is 16.5. The third-order valence-corrected chi connectivity index (χ3v) is 3.97. The molecule has 24 heavy (non-hydrogen) atoms. The number of nitrogens with one attached hydrogen (secondary N) is 1. The fourth-order valence-corrected chi connectivity index (χ4v) is 2.82. The summed E-state index contributed by atoms with van der Waals surface area (Å²) < 4.78 is 1.83. The van der Waals surface area contributed by atoms with Crippen molar-refractivity contribution in [2.45, 2.75) is 13.5 Å². The summed E-state index contributed by atoms with van der Waals surface area (Å²) in [5.41, 5.74) is 3.89. The van der Waals surface area contributed by atoms with Crippen molar-refractivity contribution in [2.24, 2.45) is 0 Å². The number of aromatic amines is 1. The second kappa shape index (κ2) is 5.77. The molecule has 0 atom stereocenters. The molecule has 0 fully saturated rings. The molecule has 0 unspecified atom stereocenters. The number of aromatic nitrogens is 4. The lowest BCUT2D eigenvalue weighted by Crippen LogP contribution is -2.13. The highest BCUT2D eigenvalue weighted by Crippen LogP contribution is 2.17. The molecule has 0 spiro atoms. The van der Waals surface area contributed by atoms with Crippen LogP contribution in [0.4, 0.5) is 0 Å². The van der Waals surface area contributed by atoms with Crippen LogP contribution in [0, 0.1) is 6.92 Å². The van der Waals surface area contributed by atoms with E-state index < -0.39 is 0 Å². The maximum Gasteiger partial charge on any atom is 0.277 e. The van der Waals surface area contributed by atoms with Crippen LogP contribution in [0.1, 0.15) is 11.1 Å². The lowest BCUT2D eigenvalue weighted by Gasteiger charge is -2.05. The first-order valence-corrected chi connectivity index (χ1v) is 7.77. The average Bonchev–Trinajstić information content (AvgIpc) is 2.99. The first-order chi connectivity index (χ1) is 11.7. The van der Waals surface area contributed by atoms with Crippen LogP contribution < -0.4 is 5.56 Å². The molecular weight excluding hydrogens is 300 g/mol. The van der Waals surface area contributed by atoms with Gasteiger partial charge >= 0.3 is 0 Å². The number of hydrogen-bond donors (Lipinski definition) is 1. The first kappa shape index (κ1) is 14.4. The van der Waals surface area contributed by atoms with Crippen molar-refractivity contribution in [1.82, 2.24) is 19.5 Å². The quantitative estimate of drug-likeness (QED) is 0.631. The summed E-state index contributed by atoms with van der Waals surface area (Å²) in [6.45, 7) is 2.60. The standard InChI is InChI=1S/C19H16N4O/c1-13-6-5-9-15(10-13)17-21-18-16(19(24)22-17)23(12-20-18)11-14-7-3-2-4-8-14/h2-10,12H,11H2,1H3,(H,21,22,24). The summed E-state index contributed by atoms with van der Waals surface area (Å²) in [4.78, 5) is 24.3. The fraction of sp³-hybridized carbons (Fsp3) is 0.105. The molecule has 0 aliphatic carbocycles. The van der Waals surface area contributed by atoms with Gasteiger partial charge < -0.3 is 9.55 Å². The third kappa shape index (κ3) is 2.60. The highest BCUT2D eigenvalue weighted by atomic mass is 16.1. The van der Waals surface area contributed by atoms with Crippen LogP contribution in [0.25, 0.3) is 22.6 Å². The zero-order valence-corrected chi connectivity index (χ0v) is 13.2. The second-order valence-electron chi connectivity index (χ2n) is 5.81. The Morgan fingerprint density at radius 2 is 1.92 bits per heavy atom. The van der Waals surface area contributed by atoms with E-state index in [1.54, 1.807) is 6.33 Å². The van der Waals surface area contributed by atoms with Crippen LogP contribution in [0.15, 0.2) is 65.7 Å². The number of fused-ring (bicyclic) bond motifs is 1. The molecule has 0 radical (unpaired) electrons. The maximum atomic E-state index is 12.6. The van der Waals surface area contributed by atoms with Crippen molar-refractivity contribution in [3.63, 3.8) is 0 Å². The number of nitrogens with zero attached hydrogens (tertiary/aromatic N) is 3. The van der Waals surface area contributed by atoms with Gasteiger partial charge in [0, 0.05) is 12.1 Å². The molecule has 2 heterocycles. The van der Waals surface area contributed by atoms with Crippen LogP contribution in [0.5, 0.6) is 0 Å². The Morgan fingerprint density at radius 1 is 1.08 bits per heavy atom. The van der Waals surface area contributed by atoms with Crippen molar-refractivity contribution in [1.29, 1.82) is 0 Å². The minimum Gasteiger partial charge on any atom is -0.320 e. The van der Waals surface area contributed by atoms with Gasteiger partial charge in [0.05, 0.1) is 6.33 Å². The largest absolute Gasteiger partial charge is 0.320 e. The minimum absolute atomic E-state index is 0.176. The highest BCUT2D eigenvalue weighted by Gasteiger charge is 2.12. The van der Waals surface area contributed by atoms with E-state index in [1.165, 1.54) is 0 Å². The van der Waals surface area contributed by atoms with Crippen LogP contribution in [-0.2, 0) is 6.54 Å². The molecule has 0 saturated heterocycles. The summed E-state index contributed by atoms with van der Waals surface area (Å²) in [6.07, 6.45) is 1.67. The van der Waals surface area contributed by atoms with Gasteiger partial charge in [-0.25, -0.2) is 9.97 Å². The van der Waals surface area contributed by atoms with E-state index in [4.69, 9.17) is 0 Å². The van der Waals surface area contributed by atoms with Crippen molar-refractivity contribution < 1.29 is 0 Å². The van der Waals surface area contributed by atoms with Gasteiger partial charge in [-0.1, -0.05) is 54.1 Å². The molecule has 0 aliphatic heterocycles. The predicted molar refractivity (Wildman–Crippen MR) is 93.9 cm³/mol. The Balaban J connectivity index is 1.80. The third-order valence-electron chi connectivity index (χ3n) is 3.97. The molecule has 0 saturated carbocycles. The Morgan fingerprint density at radius 3 is 2.71 bits per heavy atom. The van der Waals surface area contributed by atoms with E-state index in [9.17, 15) is 4.79 Å². The predicted octanol–water partition coefficient (Wildman–Crippen LogP) is 3.14. The molecule has 2 aromatic heterocycles. The van der Waals surface area contributed by atoms with Gasteiger partial charge in [-0.15, -0.1) is 0 Å². The topological polar surface area (TPSA) is 63.6 Å². The van der Waals surface area contributed by atoms with Crippen LogP contribution >= 0.6 is 0 Å². The fourth-order valence-electron chi connectivity index (χ4n) is 2.82. The van der Waals surface area contributed by atoms with Gasteiger partial charge in [-0.3, -0.25) is 4.79 Å². The Labute approximate surface area is 138 Å². The summed E-state index contributed by atoms with van der Waals surface area (Å²) in [5, 5.41) is 0. The monoisotopic (exact) mass is 316 g/mol. The van der Waals surface area contributed by atoms with Crippen LogP contribution in [-0.4, -0.2) is 19.5 Å². The summed E-state index contributed by atoms with van der Waals surface area (Å²) in [6, 6.07) is 17.8. The molecule has 2 aromatic carbocycles. The molecule has 5 heteroatoms. The summed E-state index contributed by atoms with van der Waals surface area (Å²) in [5.74, 6) is 0.543. The van der Waals surface area contributed by atoms with Crippen molar-refractivity contribution in [2.75, 3.05) is 0 Å².